The third-order valence-corrected chi connectivity index (χ3v) is 5.90. The molecule has 1 atom stereocenters. The first-order valence-corrected chi connectivity index (χ1v) is 10.4. The van der Waals surface area contributed by atoms with E-state index in [2.05, 4.69) is 36.4 Å². The lowest BCUT2D eigenvalue weighted by atomic mass is 9.99. The molecule has 4 aromatic rings. The van der Waals surface area contributed by atoms with Gasteiger partial charge in [-0.3, -0.25) is 0 Å². The molecule has 1 aliphatic heterocycles. The molecule has 0 saturated carbocycles. The number of para-hydroxylation sites is 1. The fourth-order valence-electron chi connectivity index (χ4n) is 3.61. The van der Waals surface area contributed by atoms with E-state index in [1.807, 2.05) is 52.9 Å². The monoisotopic (exact) mass is 397 g/mol. The molecule has 0 fully saturated rings. The number of hydrazone groups is 1. The van der Waals surface area contributed by atoms with Crippen molar-refractivity contribution in [2.45, 2.75) is 12.5 Å². The molecule has 4 nitrogen and oxygen atoms in total. The summed E-state index contributed by atoms with van der Waals surface area (Å²) in [5.74, 6) is 0.235. The predicted octanol–water partition coefficient (Wildman–Crippen LogP) is 5.87. The van der Waals surface area contributed by atoms with Crippen LogP contribution in [-0.4, -0.2) is 15.8 Å². The molecule has 29 heavy (non-hydrogen) atoms. The van der Waals surface area contributed by atoms with E-state index < -0.39 is 0 Å². The average molecular weight is 398 g/mol. The molecule has 3 aromatic carbocycles. The quantitative estimate of drug-likeness (QED) is 0.468. The van der Waals surface area contributed by atoms with Gasteiger partial charge in [-0.1, -0.05) is 72.8 Å². The van der Waals surface area contributed by atoms with Crippen LogP contribution in [0.4, 0.5) is 5.13 Å². The van der Waals surface area contributed by atoms with Gasteiger partial charge in [-0.25, -0.2) is 9.99 Å². The number of anilines is 1. The molecule has 0 spiro atoms. The van der Waals surface area contributed by atoms with Crippen molar-refractivity contribution in [1.29, 1.82) is 0 Å². The number of thiazole rings is 1. The van der Waals surface area contributed by atoms with E-state index >= 15 is 0 Å². The van der Waals surface area contributed by atoms with Gasteiger partial charge in [0.05, 0.1) is 17.4 Å². The standard InChI is InChI=1S/C24H19N3OS/c28-23-14-8-7-13-19(23)21-16-29-24(25-21)27-22(18-11-5-2-6-12-18)15-20(26-27)17-9-3-1-4-10-17/h1-14,16,22,28H,15H2. The number of hydrogen-bond acceptors (Lipinski definition) is 5. The molecule has 1 unspecified atom stereocenters. The Kier molecular flexibility index (Phi) is 4.58. The fraction of sp³-hybridized carbons (Fsp3) is 0.0833. The van der Waals surface area contributed by atoms with Crippen molar-refractivity contribution in [3.8, 4) is 17.0 Å². The first-order chi connectivity index (χ1) is 14.3. The molecule has 0 bridgehead atoms. The summed E-state index contributed by atoms with van der Waals surface area (Å²) in [5.41, 5.74) is 4.89. The van der Waals surface area contributed by atoms with Gasteiger partial charge in [-0.15, -0.1) is 11.3 Å². The summed E-state index contributed by atoms with van der Waals surface area (Å²) >= 11 is 1.54. The van der Waals surface area contributed by atoms with Crippen LogP contribution in [0.1, 0.15) is 23.6 Å². The molecule has 5 heteroatoms. The van der Waals surface area contributed by atoms with Crippen LogP contribution >= 0.6 is 11.3 Å². The van der Waals surface area contributed by atoms with Gasteiger partial charge < -0.3 is 5.11 Å². The van der Waals surface area contributed by atoms with E-state index in [1.165, 1.54) is 5.56 Å². The minimum Gasteiger partial charge on any atom is -0.507 e. The van der Waals surface area contributed by atoms with Crippen LogP contribution in [0.15, 0.2) is 95.4 Å². The van der Waals surface area contributed by atoms with Crippen LogP contribution < -0.4 is 5.01 Å². The smallest absolute Gasteiger partial charge is 0.207 e. The van der Waals surface area contributed by atoms with Crippen LogP contribution in [0.3, 0.4) is 0 Å². The molecule has 1 aliphatic rings. The van der Waals surface area contributed by atoms with Crippen molar-refractivity contribution >= 4 is 22.2 Å². The number of benzene rings is 3. The molecule has 0 amide bonds. The highest BCUT2D eigenvalue weighted by Crippen LogP contribution is 2.40. The van der Waals surface area contributed by atoms with E-state index in [0.717, 1.165) is 34.1 Å². The summed E-state index contributed by atoms with van der Waals surface area (Å²) < 4.78 is 0. The first-order valence-electron chi connectivity index (χ1n) is 9.50. The van der Waals surface area contributed by atoms with Crippen LogP contribution in [0.2, 0.25) is 0 Å². The van der Waals surface area contributed by atoms with Gasteiger partial charge in [0.25, 0.3) is 0 Å². The third kappa shape index (κ3) is 3.41. The highest BCUT2D eigenvalue weighted by atomic mass is 32.1. The van der Waals surface area contributed by atoms with Crippen molar-refractivity contribution in [1.82, 2.24) is 4.98 Å². The minimum absolute atomic E-state index is 0.0924. The molecular formula is C24H19N3OS. The fourth-order valence-corrected chi connectivity index (χ4v) is 4.43. The molecule has 2 heterocycles. The first kappa shape index (κ1) is 17.6. The van der Waals surface area contributed by atoms with E-state index in [0.29, 0.717) is 0 Å². The second kappa shape index (κ2) is 7.53. The maximum Gasteiger partial charge on any atom is 0.207 e. The maximum absolute atomic E-state index is 10.2. The van der Waals surface area contributed by atoms with E-state index in [1.54, 1.807) is 17.4 Å². The zero-order chi connectivity index (χ0) is 19.6. The topological polar surface area (TPSA) is 48.7 Å². The van der Waals surface area contributed by atoms with Gasteiger partial charge in [-0.2, -0.15) is 5.10 Å². The summed E-state index contributed by atoms with van der Waals surface area (Å²) in [7, 11) is 0. The lowest BCUT2D eigenvalue weighted by molar-refractivity contribution is 0.477. The van der Waals surface area contributed by atoms with Gasteiger partial charge in [-0.05, 0) is 23.3 Å². The number of nitrogens with zero attached hydrogens (tertiary/aromatic N) is 3. The van der Waals surface area contributed by atoms with Crippen LogP contribution in [-0.2, 0) is 0 Å². The molecular weight excluding hydrogens is 378 g/mol. The highest BCUT2D eigenvalue weighted by Gasteiger charge is 2.31. The number of hydrogen-bond donors (Lipinski definition) is 1. The number of phenols is 1. The van der Waals surface area contributed by atoms with Gasteiger partial charge in [0, 0.05) is 17.4 Å². The second-order valence-corrected chi connectivity index (χ2v) is 7.76. The summed E-state index contributed by atoms with van der Waals surface area (Å²) in [6.07, 6.45) is 0.819. The summed E-state index contributed by atoms with van der Waals surface area (Å²) in [4.78, 5) is 4.80. The molecule has 0 radical (unpaired) electrons. The largest absolute Gasteiger partial charge is 0.507 e. The summed E-state index contributed by atoms with van der Waals surface area (Å²) in [5, 5.41) is 20.0. The lowest BCUT2D eigenvalue weighted by Gasteiger charge is -2.21. The van der Waals surface area contributed by atoms with E-state index in [-0.39, 0.29) is 11.8 Å². The van der Waals surface area contributed by atoms with Crippen LogP contribution in [0.5, 0.6) is 5.75 Å². The zero-order valence-electron chi connectivity index (χ0n) is 15.6. The Morgan fingerprint density at radius 2 is 1.55 bits per heavy atom. The summed E-state index contributed by atoms with van der Waals surface area (Å²) in [6, 6.07) is 28.1. The predicted molar refractivity (Wildman–Crippen MR) is 118 cm³/mol. The minimum atomic E-state index is 0.0924. The lowest BCUT2D eigenvalue weighted by Crippen LogP contribution is -2.18. The maximum atomic E-state index is 10.2. The number of rotatable bonds is 4. The van der Waals surface area contributed by atoms with Gasteiger partial charge in [0.1, 0.15) is 5.75 Å². The Hall–Kier alpha value is -3.44. The Labute approximate surface area is 173 Å². The van der Waals surface area contributed by atoms with Crippen molar-refractivity contribution in [2.24, 2.45) is 5.10 Å². The van der Waals surface area contributed by atoms with E-state index in [4.69, 9.17) is 10.1 Å². The SMILES string of the molecule is Oc1ccccc1-c1csc(N2N=C(c3ccccc3)CC2c2ccccc2)n1. The summed E-state index contributed by atoms with van der Waals surface area (Å²) in [6.45, 7) is 0. The number of aromatic hydroxyl groups is 1. The normalized spacial score (nSPS) is 16.1. The van der Waals surface area contributed by atoms with E-state index in [9.17, 15) is 5.11 Å². The van der Waals surface area contributed by atoms with Crippen LogP contribution in [0, 0.1) is 0 Å². The van der Waals surface area contributed by atoms with Crippen molar-refractivity contribution in [3.63, 3.8) is 0 Å². The Balaban J connectivity index is 1.55. The van der Waals surface area contributed by atoms with Gasteiger partial charge in [0.15, 0.2) is 0 Å². The molecule has 0 aliphatic carbocycles. The average Bonchev–Trinajstić information content (AvgIpc) is 3.43. The van der Waals surface area contributed by atoms with Gasteiger partial charge in [0.2, 0.25) is 5.13 Å². The van der Waals surface area contributed by atoms with Crippen molar-refractivity contribution < 1.29 is 5.11 Å². The van der Waals surface area contributed by atoms with Crippen molar-refractivity contribution in [2.75, 3.05) is 5.01 Å². The van der Waals surface area contributed by atoms with Gasteiger partial charge >= 0.3 is 0 Å². The molecule has 0 saturated heterocycles. The van der Waals surface area contributed by atoms with Crippen LogP contribution in [0.25, 0.3) is 11.3 Å². The van der Waals surface area contributed by atoms with Crippen molar-refractivity contribution in [3.05, 3.63) is 101 Å². The molecule has 142 valence electrons. The zero-order valence-corrected chi connectivity index (χ0v) is 16.5. The Morgan fingerprint density at radius 1 is 0.862 bits per heavy atom. The Morgan fingerprint density at radius 3 is 2.31 bits per heavy atom. The highest BCUT2D eigenvalue weighted by molar-refractivity contribution is 7.14. The number of aromatic nitrogens is 1. The molecule has 5 rings (SSSR count). The molecule has 1 aromatic heterocycles. The Bertz CT molecular complexity index is 1150. The third-order valence-electron chi connectivity index (χ3n) is 5.07. The molecule has 1 N–H and O–H groups in total. The second-order valence-electron chi connectivity index (χ2n) is 6.92. The number of phenolic OH excluding ortho intramolecular Hbond substituents is 1.